The lowest BCUT2D eigenvalue weighted by molar-refractivity contribution is -0.895. The molecule has 2 N–H and O–H groups in total. The first kappa shape index (κ1) is 19.8. The van der Waals surface area contributed by atoms with Gasteiger partial charge in [-0.3, -0.25) is 9.59 Å². The Kier molecular flexibility index (Phi) is 6.20. The number of rotatable bonds is 5. The molecule has 8 heteroatoms. The smallest absolute Gasteiger partial charge is 0.279 e. The third kappa shape index (κ3) is 4.83. The van der Waals surface area contributed by atoms with Crippen molar-refractivity contribution in [2.45, 2.75) is 0 Å². The minimum absolute atomic E-state index is 0.0927. The fourth-order valence-corrected chi connectivity index (χ4v) is 3.18. The van der Waals surface area contributed by atoms with Crippen LogP contribution in [0.5, 0.6) is 5.75 Å². The quantitative estimate of drug-likeness (QED) is 0.799. The predicted molar refractivity (Wildman–Crippen MR) is 99.4 cm³/mol. The van der Waals surface area contributed by atoms with E-state index in [1.165, 1.54) is 43.5 Å². The molecule has 2 amide bonds. The van der Waals surface area contributed by atoms with Gasteiger partial charge >= 0.3 is 0 Å². The largest absolute Gasteiger partial charge is 0.494 e. The number of halogens is 2. The van der Waals surface area contributed by atoms with E-state index in [1.54, 1.807) is 11.0 Å². The summed E-state index contributed by atoms with van der Waals surface area (Å²) in [6, 6.07) is 9.87. The number of hydrogen-bond acceptors (Lipinski definition) is 3. The molecule has 3 rings (SSSR count). The molecular weight excluding hydrogens is 368 g/mol. The third-order valence-electron chi connectivity index (χ3n) is 4.68. The Balaban J connectivity index is 1.50. The van der Waals surface area contributed by atoms with Crippen LogP contribution in [-0.4, -0.2) is 56.5 Å². The minimum Gasteiger partial charge on any atom is -0.494 e. The van der Waals surface area contributed by atoms with Crippen molar-refractivity contribution in [1.29, 1.82) is 0 Å². The van der Waals surface area contributed by atoms with Gasteiger partial charge in [0.05, 0.1) is 33.3 Å². The highest BCUT2D eigenvalue weighted by molar-refractivity contribution is 5.94. The van der Waals surface area contributed by atoms with Gasteiger partial charge in [-0.05, 0) is 36.4 Å². The summed E-state index contributed by atoms with van der Waals surface area (Å²) in [7, 11) is 1.37. The van der Waals surface area contributed by atoms with Crippen LogP contribution in [0.3, 0.4) is 0 Å². The van der Waals surface area contributed by atoms with Crippen molar-refractivity contribution < 1.29 is 28.0 Å². The second-order valence-electron chi connectivity index (χ2n) is 6.63. The molecule has 2 aromatic carbocycles. The number of hydrogen-bond donors (Lipinski definition) is 2. The van der Waals surface area contributed by atoms with Crippen molar-refractivity contribution in [2.24, 2.45) is 0 Å². The van der Waals surface area contributed by atoms with Crippen LogP contribution in [0.1, 0.15) is 10.4 Å². The van der Waals surface area contributed by atoms with E-state index < -0.39 is 11.6 Å². The molecular formula is C20H22F2N3O3+. The van der Waals surface area contributed by atoms with E-state index in [9.17, 15) is 18.4 Å². The average Bonchev–Trinajstić information content (AvgIpc) is 2.68. The molecule has 1 fully saturated rings. The van der Waals surface area contributed by atoms with Crippen molar-refractivity contribution in [3.05, 3.63) is 59.7 Å². The van der Waals surface area contributed by atoms with E-state index in [0.29, 0.717) is 31.9 Å². The van der Waals surface area contributed by atoms with Crippen LogP contribution in [0.15, 0.2) is 42.5 Å². The summed E-state index contributed by atoms with van der Waals surface area (Å²) in [6.07, 6.45) is 0. The summed E-state index contributed by atoms with van der Waals surface area (Å²) in [4.78, 5) is 27.4. The Bertz CT molecular complexity index is 868. The van der Waals surface area contributed by atoms with E-state index in [1.807, 2.05) is 0 Å². The molecule has 0 atom stereocenters. The molecule has 0 aliphatic carbocycles. The van der Waals surface area contributed by atoms with Gasteiger partial charge in [0, 0.05) is 11.3 Å². The van der Waals surface area contributed by atoms with Crippen LogP contribution in [-0.2, 0) is 4.79 Å². The second-order valence-corrected chi connectivity index (χ2v) is 6.63. The number of anilines is 1. The number of carbonyl (C=O) groups is 2. The zero-order valence-corrected chi connectivity index (χ0v) is 15.5. The first-order chi connectivity index (χ1) is 13.5. The molecule has 0 radical (unpaired) electrons. The van der Waals surface area contributed by atoms with E-state index in [4.69, 9.17) is 4.74 Å². The summed E-state index contributed by atoms with van der Waals surface area (Å²) >= 11 is 0. The van der Waals surface area contributed by atoms with Gasteiger partial charge in [0.15, 0.2) is 18.1 Å². The number of benzene rings is 2. The summed E-state index contributed by atoms with van der Waals surface area (Å²) < 4.78 is 31.9. The maximum atomic E-state index is 13.8. The third-order valence-corrected chi connectivity index (χ3v) is 4.68. The second kappa shape index (κ2) is 8.79. The molecule has 0 bridgehead atoms. The van der Waals surface area contributed by atoms with E-state index >= 15 is 0 Å². The Morgan fingerprint density at radius 2 is 1.89 bits per heavy atom. The van der Waals surface area contributed by atoms with Gasteiger partial charge < -0.3 is 19.9 Å². The number of ether oxygens (including phenoxy) is 1. The molecule has 1 aliphatic heterocycles. The molecule has 0 spiro atoms. The Morgan fingerprint density at radius 3 is 2.54 bits per heavy atom. The van der Waals surface area contributed by atoms with Crippen LogP contribution in [0, 0.1) is 11.6 Å². The molecule has 6 nitrogen and oxygen atoms in total. The number of piperazine rings is 1. The SMILES string of the molecule is COc1ccc(C(=O)N2CC[NH+](CC(=O)Nc3cccc(F)c3)CC2)cc1F. The maximum Gasteiger partial charge on any atom is 0.279 e. The van der Waals surface area contributed by atoms with Crippen LogP contribution in [0.2, 0.25) is 0 Å². The van der Waals surface area contributed by atoms with Crippen LogP contribution in [0.4, 0.5) is 14.5 Å². The minimum atomic E-state index is -0.577. The number of carbonyl (C=O) groups excluding carboxylic acids is 2. The van der Waals surface area contributed by atoms with E-state index in [-0.39, 0.29) is 29.7 Å². The summed E-state index contributed by atoms with van der Waals surface area (Å²) in [5.74, 6) is -1.35. The number of nitrogens with one attached hydrogen (secondary N) is 2. The molecule has 0 saturated carbocycles. The van der Waals surface area contributed by atoms with Gasteiger partial charge in [-0.1, -0.05) is 6.07 Å². The van der Waals surface area contributed by atoms with Crippen molar-refractivity contribution in [3.8, 4) is 5.75 Å². The molecule has 0 unspecified atom stereocenters. The van der Waals surface area contributed by atoms with Crippen LogP contribution in [0.25, 0.3) is 0 Å². The zero-order chi connectivity index (χ0) is 20.1. The highest BCUT2D eigenvalue weighted by atomic mass is 19.1. The number of nitrogens with zero attached hydrogens (tertiary/aromatic N) is 1. The van der Waals surface area contributed by atoms with Gasteiger partial charge in [0.2, 0.25) is 0 Å². The fraction of sp³-hybridized carbons (Fsp3) is 0.300. The van der Waals surface area contributed by atoms with Gasteiger partial charge in [0.1, 0.15) is 5.82 Å². The Morgan fingerprint density at radius 1 is 1.14 bits per heavy atom. The van der Waals surface area contributed by atoms with Gasteiger partial charge in [-0.2, -0.15) is 0 Å². The van der Waals surface area contributed by atoms with Crippen molar-refractivity contribution >= 4 is 17.5 Å². The lowest BCUT2D eigenvalue weighted by Crippen LogP contribution is -3.15. The van der Waals surface area contributed by atoms with Crippen molar-refractivity contribution in [1.82, 2.24) is 4.90 Å². The summed E-state index contributed by atoms with van der Waals surface area (Å²) in [5.41, 5.74) is 0.686. The standard InChI is InChI=1S/C20H21F2N3O3/c1-28-18-6-5-14(11-17(18)22)20(27)25-9-7-24(8-10-25)13-19(26)23-16-4-2-3-15(21)12-16/h2-6,11-12H,7-10,13H2,1H3,(H,23,26)/p+1. The Hall–Kier alpha value is -3.00. The van der Waals surface area contributed by atoms with Crippen LogP contribution < -0.4 is 15.0 Å². The average molecular weight is 390 g/mol. The predicted octanol–water partition coefficient (Wildman–Crippen LogP) is 0.953. The maximum absolute atomic E-state index is 13.8. The molecule has 2 aromatic rings. The van der Waals surface area contributed by atoms with Crippen molar-refractivity contribution in [2.75, 3.05) is 45.2 Å². The zero-order valence-electron chi connectivity index (χ0n) is 15.5. The molecule has 148 valence electrons. The molecule has 28 heavy (non-hydrogen) atoms. The summed E-state index contributed by atoms with van der Waals surface area (Å²) in [6.45, 7) is 2.36. The van der Waals surface area contributed by atoms with Gasteiger partial charge in [-0.25, -0.2) is 8.78 Å². The number of amides is 2. The molecule has 1 heterocycles. The highest BCUT2D eigenvalue weighted by Gasteiger charge is 2.26. The van der Waals surface area contributed by atoms with Crippen molar-refractivity contribution in [3.63, 3.8) is 0 Å². The first-order valence-electron chi connectivity index (χ1n) is 8.98. The molecule has 0 aromatic heterocycles. The van der Waals surface area contributed by atoms with E-state index in [2.05, 4.69) is 5.32 Å². The molecule has 1 aliphatic rings. The number of methoxy groups -OCH3 is 1. The lowest BCUT2D eigenvalue weighted by atomic mass is 10.1. The highest BCUT2D eigenvalue weighted by Crippen LogP contribution is 2.18. The van der Waals surface area contributed by atoms with Gasteiger partial charge in [0.25, 0.3) is 11.8 Å². The van der Waals surface area contributed by atoms with E-state index in [0.717, 1.165) is 4.90 Å². The number of quaternary nitrogens is 1. The van der Waals surface area contributed by atoms with Gasteiger partial charge in [-0.15, -0.1) is 0 Å². The van der Waals surface area contributed by atoms with Crippen LogP contribution >= 0.6 is 0 Å². The first-order valence-corrected chi connectivity index (χ1v) is 8.98. The fourth-order valence-electron chi connectivity index (χ4n) is 3.18. The normalized spacial score (nSPS) is 14.6. The monoisotopic (exact) mass is 390 g/mol. The Labute approximate surface area is 161 Å². The topological polar surface area (TPSA) is 63.1 Å². The summed E-state index contributed by atoms with van der Waals surface area (Å²) in [5, 5.41) is 2.67. The lowest BCUT2D eigenvalue weighted by Gasteiger charge is -2.32. The molecule has 1 saturated heterocycles.